The van der Waals surface area contributed by atoms with Crippen LogP contribution in [0.3, 0.4) is 0 Å². The van der Waals surface area contributed by atoms with Gasteiger partial charge in [0.25, 0.3) is 0 Å². The lowest BCUT2D eigenvalue weighted by molar-refractivity contribution is 0.0572. The lowest BCUT2D eigenvalue weighted by Crippen LogP contribution is -2.23. The van der Waals surface area contributed by atoms with Crippen molar-refractivity contribution < 1.29 is 10.2 Å². The van der Waals surface area contributed by atoms with Crippen LogP contribution in [-0.4, -0.2) is 45.5 Å². The molecule has 15 heavy (non-hydrogen) atoms. The first-order chi connectivity index (χ1) is 7.08. The molecule has 2 heterocycles. The smallest absolute Gasteiger partial charge is 0.222 e. The third-order valence-electron chi connectivity index (χ3n) is 2.30. The Labute approximate surface area is 94.9 Å². The van der Waals surface area contributed by atoms with Gasteiger partial charge in [-0.05, 0) is 15.9 Å². The van der Waals surface area contributed by atoms with E-state index in [9.17, 15) is 10.2 Å². The average Bonchev–Trinajstić information content (AvgIpc) is 2.51. The van der Waals surface area contributed by atoms with E-state index in [1.54, 1.807) is 11.1 Å². The van der Waals surface area contributed by atoms with Crippen molar-refractivity contribution in [2.45, 2.75) is 12.2 Å². The van der Waals surface area contributed by atoms with Gasteiger partial charge in [-0.2, -0.15) is 4.98 Å². The summed E-state index contributed by atoms with van der Waals surface area (Å²) in [6.07, 6.45) is 0.0653. The van der Waals surface area contributed by atoms with Gasteiger partial charge in [0, 0.05) is 19.3 Å². The van der Waals surface area contributed by atoms with Gasteiger partial charge in [-0.1, -0.05) is 0 Å². The van der Waals surface area contributed by atoms with Gasteiger partial charge in [-0.15, -0.1) is 0 Å². The van der Waals surface area contributed by atoms with Crippen LogP contribution in [-0.2, 0) is 0 Å². The van der Waals surface area contributed by atoms with Gasteiger partial charge < -0.3 is 20.8 Å². The van der Waals surface area contributed by atoms with E-state index >= 15 is 0 Å². The molecular formula is C8H11BrN4O2. The zero-order valence-corrected chi connectivity index (χ0v) is 9.42. The summed E-state index contributed by atoms with van der Waals surface area (Å²) < 4.78 is 0.693. The predicted octanol–water partition coefficient (Wildman–Crippen LogP) is -0.637. The summed E-state index contributed by atoms with van der Waals surface area (Å²) in [5.41, 5.74) is 5.47. The van der Waals surface area contributed by atoms with Crippen LogP contribution in [0.4, 0.5) is 11.8 Å². The van der Waals surface area contributed by atoms with E-state index in [-0.39, 0.29) is 5.95 Å². The van der Waals surface area contributed by atoms with E-state index in [0.29, 0.717) is 23.4 Å². The van der Waals surface area contributed by atoms with Gasteiger partial charge in [-0.3, -0.25) is 0 Å². The van der Waals surface area contributed by atoms with Crippen LogP contribution in [0, 0.1) is 0 Å². The number of aliphatic hydroxyl groups excluding tert-OH is 2. The molecule has 1 aromatic rings. The zero-order chi connectivity index (χ0) is 11.0. The second-order valence-electron chi connectivity index (χ2n) is 3.44. The van der Waals surface area contributed by atoms with Gasteiger partial charge in [0.2, 0.25) is 5.95 Å². The maximum atomic E-state index is 9.41. The van der Waals surface area contributed by atoms with E-state index in [1.165, 1.54) is 0 Å². The van der Waals surface area contributed by atoms with Crippen molar-refractivity contribution in [1.29, 1.82) is 0 Å². The molecule has 1 aliphatic rings. The third kappa shape index (κ3) is 2.04. The molecule has 0 amide bonds. The standard InChI is InChI=1S/C8H11BrN4O2/c9-4-1-11-8(10)12-7(4)13-2-5(14)6(15)3-13/h1,5-6,14-15H,2-3H2,(H2,10,11,12). The normalized spacial score (nSPS) is 25.9. The molecule has 0 saturated carbocycles. The Morgan fingerprint density at radius 1 is 1.40 bits per heavy atom. The molecule has 2 unspecified atom stereocenters. The van der Waals surface area contributed by atoms with E-state index in [1.807, 2.05) is 0 Å². The first-order valence-electron chi connectivity index (χ1n) is 4.47. The molecule has 0 spiro atoms. The molecule has 82 valence electrons. The summed E-state index contributed by atoms with van der Waals surface area (Å²) in [5.74, 6) is 0.766. The number of aromatic nitrogens is 2. The number of nitrogens with two attached hydrogens (primary N) is 1. The molecule has 1 aliphatic heterocycles. The van der Waals surface area contributed by atoms with E-state index in [0.717, 1.165) is 0 Å². The average molecular weight is 275 g/mol. The quantitative estimate of drug-likeness (QED) is 0.631. The predicted molar refractivity (Wildman–Crippen MR) is 58.4 cm³/mol. The number of hydrogen-bond acceptors (Lipinski definition) is 6. The molecular weight excluding hydrogens is 264 g/mol. The Bertz CT molecular complexity index is 366. The minimum Gasteiger partial charge on any atom is -0.389 e. The monoisotopic (exact) mass is 274 g/mol. The summed E-state index contributed by atoms with van der Waals surface area (Å²) in [4.78, 5) is 9.63. The molecule has 7 heteroatoms. The van der Waals surface area contributed by atoms with E-state index in [4.69, 9.17) is 5.73 Å². The number of hydrogen-bond donors (Lipinski definition) is 3. The fraction of sp³-hybridized carbons (Fsp3) is 0.500. The fourth-order valence-corrected chi connectivity index (χ4v) is 1.98. The largest absolute Gasteiger partial charge is 0.389 e. The van der Waals surface area contributed by atoms with Crippen molar-refractivity contribution in [3.05, 3.63) is 10.7 Å². The minimum absolute atomic E-state index is 0.170. The molecule has 0 radical (unpaired) electrons. The van der Waals surface area contributed by atoms with Crippen molar-refractivity contribution in [1.82, 2.24) is 9.97 Å². The molecule has 4 N–H and O–H groups in total. The minimum atomic E-state index is -0.743. The van der Waals surface area contributed by atoms with Crippen LogP contribution in [0.25, 0.3) is 0 Å². The number of β-amino-alcohol motifs (C(OH)–C–C–N with tert-alkyl or cyclic N) is 2. The lowest BCUT2D eigenvalue weighted by atomic mass is 10.3. The van der Waals surface area contributed by atoms with Crippen LogP contribution in [0.15, 0.2) is 10.7 Å². The number of anilines is 2. The van der Waals surface area contributed by atoms with Crippen LogP contribution < -0.4 is 10.6 Å². The Hall–Kier alpha value is -0.920. The SMILES string of the molecule is Nc1ncc(Br)c(N2CC(O)C(O)C2)n1. The number of nitrogen functional groups attached to an aromatic ring is 1. The molecule has 1 fully saturated rings. The highest BCUT2D eigenvalue weighted by Gasteiger charge is 2.31. The Balaban J connectivity index is 2.27. The summed E-state index contributed by atoms with van der Waals surface area (Å²) in [6.45, 7) is 0.687. The van der Waals surface area contributed by atoms with Gasteiger partial charge in [0.05, 0.1) is 16.7 Å². The number of aliphatic hydroxyl groups is 2. The third-order valence-corrected chi connectivity index (χ3v) is 2.86. The highest BCUT2D eigenvalue weighted by molar-refractivity contribution is 9.10. The summed E-state index contributed by atoms with van der Waals surface area (Å²) in [6, 6.07) is 0. The Kier molecular flexibility index (Phi) is 2.76. The van der Waals surface area contributed by atoms with Crippen molar-refractivity contribution in [3.8, 4) is 0 Å². The van der Waals surface area contributed by atoms with Crippen LogP contribution in [0.5, 0.6) is 0 Å². The van der Waals surface area contributed by atoms with Crippen LogP contribution >= 0.6 is 15.9 Å². The van der Waals surface area contributed by atoms with Gasteiger partial charge in [-0.25, -0.2) is 4.98 Å². The lowest BCUT2D eigenvalue weighted by Gasteiger charge is -2.17. The van der Waals surface area contributed by atoms with E-state index in [2.05, 4.69) is 25.9 Å². The van der Waals surface area contributed by atoms with Crippen molar-refractivity contribution in [3.63, 3.8) is 0 Å². The molecule has 2 atom stereocenters. The fourth-order valence-electron chi connectivity index (χ4n) is 1.54. The highest BCUT2D eigenvalue weighted by atomic mass is 79.9. The number of halogens is 1. The first kappa shape index (κ1) is 10.6. The maximum Gasteiger partial charge on any atom is 0.222 e. The van der Waals surface area contributed by atoms with Gasteiger partial charge >= 0.3 is 0 Å². The number of nitrogens with zero attached hydrogens (tertiary/aromatic N) is 3. The van der Waals surface area contributed by atoms with Gasteiger partial charge in [0.15, 0.2) is 0 Å². The van der Waals surface area contributed by atoms with Crippen LogP contribution in [0.1, 0.15) is 0 Å². The van der Waals surface area contributed by atoms with Crippen molar-refractivity contribution in [2.75, 3.05) is 23.7 Å². The van der Waals surface area contributed by atoms with Crippen LogP contribution in [0.2, 0.25) is 0 Å². The molecule has 0 aliphatic carbocycles. The second-order valence-corrected chi connectivity index (χ2v) is 4.29. The second kappa shape index (κ2) is 3.92. The summed E-state index contributed by atoms with van der Waals surface area (Å²) in [7, 11) is 0. The molecule has 0 aromatic carbocycles. The molecule has 2 rings (SSSR count). The van der Waals surface area contributed by atoms with Crippen molar-refractivity contribution >= 4 is 27.7 Å². The molecule has 1 aromatic heterocycles. The highest BCUT2D eigenvalue weighted by Crippen LogP contribution is 2.26. The van der Waals surface area contributed by atoms with Crippen molar-refractivity contribution in [2.24, 2.45) is 0 Å². The Morgan fingerprint density at radius 2 is 2.00 bits per heavy atom. The summed E-state index contributed by atoms with van der Waals surface area (Å²) >= 11 is 3.29. The molecule has 1 saturated heterocycles. The van der Waals surface area contributed by atoms with Gasteiger partial charge in [0.1, 0.15) is 5.82 Å². The molecule has 0 bridgehead atoms. The topological polar surface area (TPSA) is 95.5 Å². The Morgan fingerprint density at radius 3 is 2.60 bits per heavy atom. The summed E-state index contributed by atoms with van der Waals surface area (Å²) in [5, 5.41) is 18.8. The number of rotatable bonds is 1. The first-order valence-corrected chi connectivity index (χ1v) is 5.26. The maximum absolute atomic E-state index is 9.41. The zero-order valence-electron chi connectivity index (χ0n) is 7.84. The van der Waals surface area contributed by atoms with E-state index < -0.39 is 12.2 Å². The molecule has 6 nitrogen and oxygen atoms in total.